The van der Waals surface area contributed by atoms with Gasteiger partial charge in [-0.1, -0.05) is 15.9 Å². The minimum absolute atomic E-state index is 0.230. The Labute approximate surface area is 76.4 Å². The topological polar surface area (TPSA) is 18.5 Å². The lowest BCUT2D eigenvalue weighted by Gasteiger charge is -2.33. The highest BCUT2D eigenvalue weighted by Crippen LogP contribution is 2.28. The second-order valence-electron chi connectivity index (χ2n) is 2.92. The summed E-state index contributed by atoms with van der Waals surface area (Å²) in [6, 6.07) is 0. The van der Waals surface area contributed by atoms with E-state index in [1.54, 1.807) is 14.2 Å². The molecule has 1 aliphatic rings. The van der Waals surface area contributed by atoms with Crippen LogP contribution < -0.4 is 0 Å². The van der Waals surface area contributed by atoms with Crippen molar-refractivity contribution in [2.75, 3.05) is 14.2 Å². The molecule has 0 amide bonds. The molecular weight excluding hydrogens is 208 g/mol. The minimum atomic E-state index is 0.230. The molecule has 3 heteroatoms. The number of alkyl halides is 1. The summed E-state index contributed by atoms with van der Waals surface area (Å²) in [5.74, 6) is 0. The standard InChI is InChI=1S/C8H15BrO2/c1-10-7-5-3-4-6(9)8(7)11-2/h6-8H,3-5H2,1-2H3. The van der Waals surface area contributed by atoms with Gasteiger partial charge in [-0.25, -0.2) is 0 Å². The lowest BCUT2D eigenvalue weighted by atomic mass is 9.94. The van der Waals surface area contributed by atoms with Crippen LogP contribution in [-0.2, 0) is 9.47 Å². The van der Waals surface area contributed by atoms with E-state index in [0.29, 0.717) is 4.83 Å². The summed E-state index contributed by atoms with van der Waals surface area (Å²) in [5, 5.41) is 0. The molecule has 0 saturated heterocycles. The van der Waals surface area contributed by atoms with Crippen molar-refractivity contribution in [3.05, 3.63) is 0 Å². The zero-order valence-corrected chi connectivity index (χ0v) is 8.63. The molecule has 3 atom stereocenters. The molecule has 1 saturated carbocycles. The monoisotopic (exact) mass is 222 g/mol. The SMILES string of the molecule is COC1CCCC(Br)C1OC. The number of ether oxygens (including phenoxy) is 2. The van der Waals surface area contributed by atoms with Crippen molar-refractivity contribution in [2.45, 2.75) is 36.3 Å². The highest BCUT2D eigenvalue weighted by Gasteiger charge is 2.31. The summed E-state index contributed by atoms with van der Waals surface area (Å²) in [6.45, 7) is 0. The largest absolute Gasteiger partial charge is 0.379 e. The molecular formula is C8H15BrO2. The molecule has 1 fully saturated rings. The molecule has 0 heterocycles. The molecule has 66 valence electrons. The predicted molar refractivity (Wildman–Crippen MR) is 48.2 cm³/mol. The second-order valence-corrected chi connectivity index (χ2v) is 4.10. The molecule has 0 N–H and O–H groups in total. The fourth-order valence-electron chi connectivity index (χ4n) is 1.63. The highest BCUT2D eigenvalue weighted by atomic mass is 79.9. The normalized spacial score (nSPS) is 39.0. The summed E-state index contributed by atoms with van der Waals surface area (Å²) in [5.41, 5.74) is 0. The first-order valence-electron chi connectivity index (χ1n) is 3.99. The van der Waals surface area contributed by atoms with Crippen LogP contribution in [0.3, 0.4) is 0 Å². The number of methoxy groups -OCH3 is 2. The van der Waals surface area contributed by atoms with Crippen molar-refractivity contribution in [2.24, 2.45) is 0 Å². The van der Waals surface area contributed by atoms with E-state index in [1.165, 1.54) is 12.8 Å². The third-order valence-corrected chi connectivity index (χ3v) is 3.25. The van der Waals surface area contributed by atoms with Crippen LogP contribution in [-0.4, -0.2) is 31.3 Å². The Morgan fingerprint density at radius 3 is 2.36 bits per heavy atom. The van der Waals surface area contributed by atoms with Crippen molar-refractivity contribution < 1.29 is 9.47 Å². The number of hydrogen-bond acceptors (Lipinski definition) is 2. The van der Waals surface area contributed by atoms with Crippen LogP contribution in [0.5, 0.6) is 0 Å². The maximum Gasteiger partial charge on any atom is 0.0957 e. The third kappa shape index (κ3) is 2.17. The molecule has 0 aromatic heterocycles. The molecule has 11 heavy (non-hydrogen) atoms. The Balaban J connectivity index is 2.48. The molecule has 0 radical (unpaired) electrons. The van der Waals surface area contributed by atoms with E-state index in [0.717, 1.165) is 6.42 Å². The third-order valence-electron chi connectivity index (χ3n) is 2.27. The maximum atomic E-state index is 5.34. The predicted octanol–water partition coefficient (Wildman–Crippen LogP) is 1.96. The van der Waals surface area contributed by atoms with Gasteiger partial charge < -0.3 is 9.47 Å². The first-order valence-corrected chi connectivity index (χ1v) is 4.90. The Hall–Kier alpha value is 0.400. The van der Waals surface area contributed by atoms with Gasteiger partial charge in [0.1, 0.15) is 0 Å². The molecule has 2 nitrogen and oxygen atoms in total. The van der Waals surface area contributed by atoms with E-state index < -0.39 is 0 Å². The molecule has 0 aromatic rings. The Morgan fingerprint density at radius 2 is 1.91 bits per heavy atom. The van der Waals surface area contributed by atoms with Crippen molar-refractivity contribution in [3.8, 4) is 0 Å². The molecule has 0 spiro atoms. The maximum absolute atomic E-state index is 5.34. The Morgan fingerprint density at radius 1 is 1.18 bits per heavy atom. The first kappa shape index (κ1) is 9.49. The van der Waals surface area contributed by atoms with Gasteiger partial charge >= 0.3 is 0 Å². The van der Waals surface area contributed by atoms with Crippen LogP contribution in [0.2, 0.25) is 0 Å². The van der Waals surface area contributed by atoms with Crippen LogP contribution in [0.25, 0.3) is 0 Å². The van der Waals surface area contributed by atoms with Crippen LogP contribution in [0.15, 0.2) is 0 Å². The summed E-state index contributed by atoms with van der Waals surface area (Å²) < 4.78 is 10.6. The molecule has 3 unspecified atom stereocenters. The average Bonchev–Trinajstić information content (AvgIpc) is 2.04. The van der Waals surface area contributed by atoms with Gasteiger partial charge in [-0.2, -0.15) is 0 Å². The van der Waals surface area contributed by atoms with Crippen LogP contribution in [0.1, 0.15) is 19.3 Å². The van der Waals surface area contributed by atoms with Gasteiger partial charge in [-0.05, 0) is 19.3 Å². The minimum Gasteiger partial charge on any atom is -0.379 e. The summed E-state index contributed by atoms with van der Waals surface area (Å²) in [7, 11) is 3.50. The summed E-state index contributed by atoms with van der Waals surface area (Å²) >= 11 is 3.59. The number of rotatable bonds is 2. The van der Waals surface area contributed by atoms with Gasteiger partial charge in [0.25, 0.3) is 0 Å². The fraction of sp³-hybridized carbons (Fsp3) is 1.00. The zero-order valence-electron chi connectivity index (χ0n) is 7.05. The Bertz CT molecular complexity index is 119. The van der Waals surface area contributed by atoms with E-state index in [2.05, 4.69) is 15.9 Å². The van der Waals surface area contributed by atoms with Gasteiger partial charge in [-0.15, -0.1) is 0 Å². The molecule has 1 rings (SSSR count). The number of hydrogen-bond donors (Lipinski definition) is 0. The lowest BCUT2D eigenvalue weighted by molar-refractivity contribution is -0.0530. The first-order chi connectivity index (χ1) is 5.29. The van der Waals surface area contributed by atoms with Gasteiger partial charge in [0.15, 0.2) is 0 Å². The van der Waals surface area contributed by atoms with Crippen molar-refractivity contribution in [1.29, 1.82) is 0 Å². The molecule has 0 aromatic carbocycles. The van der Waals surface area contributed by atoms with E-state index in [4.69, 9.17) is 9.47 Å². The van der Waals surface area contributed by atoms with E-state index in [9.17, 15) is 0 Å². The molecule has 1 aliphatic carbocycles. The number of halogens is 1. The quantitative estimate of drug-likeness (QED) is 0.666. The van der Waals surface area contributed by atoms with Crippen molar-refractivity contribution in [3.63, 3.8) is 0 Å². The van der Waals surface area contributed by atoms with Crippen molar-refractivity contribution >= 4 is 15.9 Å². The van der Waals surface area contributed by atoms with E-state index in [-0.39, 0.29) is 12.2 Å². The summed E-state index contributed by atoms with van der Waals surface area (Å²) in [6.07, 6.45) is 4.05. The summed E-state index contributed by atoms with van der Waals surface area (Å²) in [4.78, 5) is 0.464. The molecule has 0 aliphatic heterocycles. The lowest BCUT2D eigenvalue weighted by Crippen LogP contribution is -2.40. The smallest absolute Gasteiger partial charge is 0.0957 e. The van der Waals surface area contributed by atoms with Crippen LogP contribution in [0.4, 0.5) is 0 Å². The average molecular weight is 223 g/mol. The second kappa shape index (κ2) is 4.43. The van der Waals surface area contributed by atoms with Crippen LogP contribution in [0, 0.1) is 0 Å². The Kier molecular flexibility index (Phi) is 3.82. The molecule has 0 bridgehead atoms. The van der Waals surface area contributed by atoms with Gasteiger partial charge in [-0.3, -0.25) is 0 Å². The zero-order chi connectivity index (χ0) is 8.27. The fourth-order valence-corrected chi connectivity index (χ4v) is 2.51. The van der Waals surface area contributed by atoms with Gasteiger partial charge in [0, 0.05) is 19.0 Å². The van der Waals surface area contributed by atoms with Gasteiger partial charge in [0.2, 0.25) is 0 Å². The van der Waals surface area contributed by atoms with E-state index >= 15 is 0 Å². The highest BCUT2D eigenvalue weighted by molar-refractivity contribution is 9.09. The van der Waals surface area contributed by atoms with Gasteiger partial charge in [0.05, 0.1) is 12.2 Å². The van der Waals surface area contributed by atoms with E-state index in [1.807, 2.05) is 0 Å². The van der Waals surface area contributed by atoms with Crippen LogP contribution >= 0.6 is 15.9 Å². The van der Waals surface area contributed by atoms with Crippen molar-refractivity contribution in [1.82, 2.24) is 0 Å².